The van der Waals surface area contributed by atoms with E-state index in [0.29, 0.717) is 12.0 Å². The highest BCUT2D eigenvalue weighted by atomic mass is 16.6. The molecule has 0 aliphatic heterocycles. The molecule has 0 aliphatic carbocycles. The van der Waals surface area contributed by atoms with E-state index in [4.69, 9.17) is 4.74 Å². The number of ether oxygens (including phenoxy) is 1. The lowest BCUT2D eigenvalue weighted by Gasteiger charge is -2.34. The van der Waals surface area contributed by atoms with Crippen molar-refractivity contribution in [1.29, 1.82) is 0 Å². The molecule has 3 amide bonds. The standard InChI is InChI=1S/C22H35N3O6/c1-7-12-25(20(29)17(13-26)24-21(30)31-22(4,5)6)18(19(28)23-14(2)3)15-8-10-16(27)11-9-15/h8-11,14,17-18,26-27H,7,12-13H2,1-6H3,(H,23,28)(H,24,30). The number of benzene rings is 1. The van der Waals surface area contributed by atoms with Crippen LogP contribution in [0.5, 0.6) is 5.75 Å². The second-order valence-electron chi connectivity index (χ2n) is 8.57. The SMILES string of the molecule is CCCN(C(=O)C(CO)NC(=O)OC(C)(C)C)C(C(=O)NC(C)C)c1ccc(O)cc1. The fraction of sp³-hybridized carbons (Fsp3) is 0.591. The molecule has 4 N–H and O–H groups in total. The summed E-state index contributed by atoms with van der Waals surface area (Å²) >= 11 is 0. The topological polar surface area (TPSA) is 128 Å². The molecule has 2 atom stereocenters. The van der Waals surface area contributed by atoms with Gasteiger partial charge in [0, 0.05) is 12.6 Å². The van der Waals surface area contributed by atoms with Gasteiger partial charge in [0.15, 0.2) is 0 Å². The molecule has 0 aromatic heterocycles. The summed E-state index contributed by atoms with van der Waals surface area (Å²) in [5.41, 5.74) is -0.284. The van der Waals surface area contributed by atoms with E-state index in [1.54, 1.807) is 46.8 Å². The van der Waals surface area contributed by atoms with Crippen LogP contribution in [0.1, 0.15) is 59.6 Å². The second kappa shape index (κ2) is 11.5. The monoisotopic (exact) mass is 437 g/mol. The number of nitrogens with one attached hydrogen (secondary N) is 2. The number of carbonyl (C=O) groups excluding carboxylic acids is 3. The molecule has 1 rings (SSSR count). The van der Waals surface area contributed by atoms with Crippen LogP contribution in [-0.4, -0.2) is 63.9 Å². The van der Waals surface area contributed by atoms with Gasteiger partial charge in [0.2, 0.25) is 11.8 Å². The number of hydrogen-bond acceptors (Lipinski definition) is 6. The first kappa shape index (κ1) is 26.2. The Kier molecular flexibility index (Phi) is 9.77. The van der Waals surface area contributed by atoms with Crippen molar-refractivity contribution in [2.75, 3.05) is 13.2 Å². The van der Waals surface area contributed by atoms with Crippen LogP contribution in [0.2, 0.25) is 0 Å². The lowest BCUT2D eigenvalue weighted by atomic mass is 10.0. The Morgan fingerprint density at radius 2 is 1.68 bits per heavy atom. The van der Waals surface area contributed by atoms with Gasteiger partial charge in [0.25, 0.3) is 0 Å². The van der Waals surface area contributed by atoms with E-state index in [9.17, 15) is 24.6 Å². The van der Waals surface area contributed by atoms with Gasteiger partial charge < -0.3 is 30.5 Å². The molecule has 0 saturated heterocycles. The summed E-state index contributed by atoms with van der Waals surface area (Å²) in [6.07, 6.45) is -0.302. The smallest absolute Gasteiger partial charge is 0.408 e. The maximum atomic E-state index is 13.3. The minimum absolute atomic E-state index is 0.0277. The van der Waals surface area contributed by atoms with E-state index in [-0.39, 0.29) is 18.3 Å². The Balaban J connectivity index is 3.27. The molecule has 0 fully saturated rings. The molecule has 174 valence electrons. The highest BCUT2D eigenvalue weighted by molar-refractivity contribution is 5.92. The Hall–Kier alpha value is -2.81. The predicted octanol–water partition coefficient (Wildman–Crippen LogP) is 2.08. The zero-order chi connectivity index (χ0) is 23.8. The zero-order valence-electron chi connectivity index (χ0n) is 19.1. The number of aliphatic hydroxyl groups is 1. The zero-order valence-corrected chi connectivity index (χ0v) is 19.1. The average Bonchev–Trinajstić information content (AvgIpc) is 2.64. The highest BCUT2D eigenvalue weighted by Gasteiger charge is 2.35. The van der Waals surface area contributed by atoms with Crippen LogP contribution in [0, 0.1) is 0 Å². The van der Waals surface area contributed by atoms with Gasteiger partial charge in [-0.25, -0.2) is 4.79 Å². The Morgan fingerprint density at radius 3 is 2.13 bits per heavy atom. The predicted molar refractivity (Wildman–Crippen MR) is 116 cm³/mol. The number of amides is 3. The molecule has 0 aliphatic rings. The van der Waals surface area contributed by atoms with E-state index in [1.807, 2.05) is 6.92 Å². The third-order valence-corrected chi connectivity index (χ3v) is 4.12. The molecular formula is C22H35N3O6. The largest absolute Gasteiger partial charge is 0.508 e. The van der Waals surface area contributed by atoms with Crippen molar-refractivity contribution in [2.24, 2.45) is 0 Å². The number of nitrogens with zero attached hydrogens (tertiary/aromatic N) is 1. The van der Waals surface area contributed by atoms with Crippen molar-refractivity contribution in [3.05, 3.63) is 29.8 Å². The van der Waals surface area contributed by atoms with Crippen molar-refractivity contribution in [3.8, 4) is 5.75 Å². The summed E-state index contributed by atoms with van der Waals surface area (Å²) in [6, 6.07) is 3.53. The first-order chi connectivity index (χ1) is 14.4. The Labute approximate surface area is 183 Å². The summed E-state index contributed by atoms with van der Waals surface area (Å²) in [5.74, 6) is -0.997. The van der Waals surface area contributed by atoms with Crippen LogP contribution in [0.4, 0.5) is 4.79 Å². The summed E-state index contributed by atoms with van der Waals surface area (Å²) in [5, 5.41) is 24.6. The van der Waals surface area contributed by atoms with Gasteiger partial charge >= 0.3 is 6.09 Å². The quantitative estimate of drug-likeness (QED) is 0.468. The maximum Gasteiger partial charge on any atom is 0.408 e. The lowest BCUT2D eigenvalue weighted by Crippen LogP contribution is -2.54. The summed E-state index contributed by atoms with van der Waals surface area (Å²) < 4.78 is 5.18. The second-order valence-corrected chi connectivity index (χ2v) is 8.57. The number of carbonyl (C=O) groups is 3. The van der Waals surface area contributed by atoms with Gasteiger partial charge in [-0.3, -0.25) is 9.59 Å². The van der Waals surface area contributed by atoms with Crippen molar-refractivity contribution in [2.45, 2.75) is 71.7 Å². The average molecular weight is 438 g/mol. The van der Waals surface area contributed by atoms with Crippen LogP contribution >= 0.6 is 0 Å². The number of aliphatic hydroxyl groups excluding tert-OH is 1. The third kappa shape index (κ3) is 8.45. The van der Waals surface area contributed by atoms with Gasteiger partial charge in [-0.1, -0.05) is 19.1 Å². The van der Waals surface area contributed by atoms with E-state index >= 15 is 0 Å². The molecule has 31 heavy (non-hydrogen) atoms. The Morgan fingerprint density at radius 1 is 1.10 bits per heavy atom. The van der Waals surface area contributed by atoms with Crippen LogP contribution < -0.4 is 10.6 Å². The number of hydrogen-bond donors (Lipinski definition) is 4. The summed E-state index contributed by atoms with van der Waals surface area (Å²) in [4.78, 5) is 39.8. The molecule has 0 heterocycles. The van der Waals surface area contributed by atoms with Gasteiger partial charge in [-0.2, -0.15) is 0 Å². The van der Waals surface area contributed by atoms with Crippen LogP contribution in [0.25, 0.3) is 0 Å². The molecule has 1 aromatic rings. The lowest BCUT2D eigenvalue weighted by molar-refractivity contribution is -0.143. The number of aromatic hydroxyl groups is 1. The van der Waals surface area contributed by atoms with Crippen molar-refractivity contribution >= 4 is 17.9 Å². The van der Waals surface area contributed by atoms with Crippen LogP contribution in [0.3, 0.4) is 0 Å². The number of phenols is 1. The first-order valence-electron chi connectivity index (χ1n) is 10.4. The number of phenolic OH excluding ortho intramolecular Hbond substituents is 1. The Bertz CT molecular complexity index is 743. The molecule has 1 aromatic carbocycles. The molecule has 0 bridgehead atoms. The molecule has 0 saturated carbocycles. The molecule has 2 unspecified atom stereocenters. The molecule has 9 nitrogen and oxygen atoms in total. The summed E-state index contributed by atoms with van der Waals surface area (Å²) in [7, 11) is 0. The highest BCUT2D eigenvalue weighted by Crippen LogP contribution is 2.25. The van der Waals surface area contributed by atoms with Crippen molar-refractivity contribution < 1.29 is 29.3 Å². The minimum atomic E-state index is -1.28. The third-order valence-electron chi connectivity index (χ3n) is 4.12. The van der Waals surface area contributed by atoms with E-state index in [2.05, 4.69) is 10.6 Å². The number of alkyl carbamates (subject to hydrolysis) is 1. The van der Waals surface area contributed by atoms with Gasteiger partial charge in [-0.15, -0.1) is 0 Å². The molecule has 0 spiro atoms. The number of rotatable bonds is 9. The molecular weight excluding hydrogens is 402 g/mol. The molecule has 9 heteroatoms. The first-order valence-corrected chi connectivity index (χ1v) is 10.4. The maximum absolute atomic E-state index is 13.3. The van der Waals surface area contributed by atoms with E-state index in [1.165, 1.54) is 17.0 Å². The van der Waals surface area contributed by atoms with Crippen LogP contribution in [0.15, 0.2) is 24.3 Å². The normalized spacial score (nSPS) is 13.3. The minimum Gasteiger partial charge on any atom is -0.508 e. The van der Waals surface area contributed by atoms with Gasteiger partial charge in [0.05, 0.1) is 6.61 Å². The molecule has 0 radical (unpaired) electrons. The fourth-order valence-electron chi connectivity index (χ4n) is 2.94. The van der Waals surface area contributed by atoms with Crippen LogP contribution in [-0.2, 0) is 14.3 Å². The van der Waals surface area contributed by atoms with Crippen molar-refractivity contribution in [1.82, 2.24) is 15.5 Å². The van der Waals surface area contributed by atoms with Gasteiger partial charge in [-0.05, 0) is 58.7 Å². The van der Waals surface area contributed by atoms with E-state index in [0.717, 1.165) is 0 Å². The summed E-state index contributed by atoms with van der Waals surface area (Å²) in [6.45, 7) is 10.1. The fourth-order valence-corrected chi connectivity index (χ4v) is 2.94. The van der Waals surface area contributed by atoms with Gasteiger partial charge in [0.1, 0.15) is 23.4 Å². The van der Waals surface area contributed by atoms with Crippen molar-refractivity contribution in [3.63, 3.8) is 0 Å². The van der Waals surface area contributed by atoms with E-state index < -0.39 is 42.2 Å².